The van der Waals surface area contributed by atoms with Crippen molar-refractivity contribution in [1.29, 1.82) is 0 Å². The molecule has 0 spiro atoms. The van der Waals surface area contributed by atoms with Gasteiger partial charge in [-0.25, -0.2) is 15.0 Å². The van der Waals surface area contributed by atoms with Crippen LogP contribution in [0.5, 0.6) is 17.2 Å². The van der Waals surface area contributed by atoms with E-state index in [4.69, 9.17) is 9.47 Å². The zero-order chi connectivity index (χ0) is 28.5. The van der Waals surface area contributed by atoms with Crippen LogP contribution in [0.25, 0.3) is 32.7 Å². The lowest BCUT2D eigenvalue weighted by molar-refractivity contribution is 0.122. The number of ether oxygens (including phenoxy) is 2. The number of fused-ring (bicyclic) bond motifs is 3. The maximum atomic E-state index is 9.43. The number of para-hydroxylation sites is 3. The van der Waals surface area contributed by atoms with Crippen LogP contribution in [0, 0.1) is 20.8 Å². The molecule has 3 aromatic carbocycles. The van der Waals surface area contributed by atoms with E-state index in [1.54, 1.807) is 6.07 Å². The van der Waals surface area contributed by atoms with Gasteiger partial charge in [-0.1, -0.05) is 74.9 Å². The lowest BCUT2D eigenvalue weighted by Gasteiger charge is -2.12. The molecule has 6 heteroatoms. The first-order valence-corrected chi connectivity index (χ1v) is 13.4. The molecule has 0 fully saturated rings. The number of phenols is 1. The number of aryl methyl sites for hydroxylation is 3. The molecule has 3 aromatic heterocycles. The van der Waals surface area contributed by atoms with E-state index in [0.717, 1.165) is 44.3 Å². The number of hydrogen-bond acceptors (Lipinski definition) is 6. The van der Waals surface area contributed by atoms with Gasteiger partial charge in [-0.05, 0) is 57.2 Å². The number of phenolic OH excluding ortho intramolecular Hbond substituents is 1. The quantitative estimate of drug-likeness (QED) is 0.229. The van der Waals surface area contributed by atoms with E-state index < -0.39 is 0 Å². The Morgan fingerprint density at radius 2 is 0.900 bits per heavy atom. The molecule has 204 valence electrons. The minimum atomic E-state index is 0.101. The summed E-state index contributed by atoms with van der Waals surface area (Å²) in [5.74, 6) is 1.67. The molecule has 40 heavy (non-hydrogen) atoms. The average Bonchev–Trinajstić information content (AvgIpc) is 2.95. The minimum Gasteiger partial charge on any atom is -0.506 e. The van der Waals surface area contributed by atoms with Crippen molar-refractivity contribution >= 4 is 32.7 Å². The molecule has 6 rings (SSSR count). The molecule has 0 aliphatic heterocycles. The highest BCUT2D eigenvalue weighted by molar-refractivity contribution is 5.86. The number of pyridine rings is 3. The summed E-state index contributed by atoms with van der Waals surface area (Å²) < 4.78 is 11.7. The third-order valence-corrected chi connectivity index (χ3v) is 5.91. The number of nitrogens with zero attached hydrogens (tertiary/aromatic N) is 3. The first-order valence-electron chi connectivity index (χ1n) is 13.4. The predicted octanol–water partition coefficient (Wildman–Crippen LogP) is 8.48. The highest BCUT2D eigenvalue weighted by atomic mass is 16.7. The van der Waals surface area contributed by atoms with Crippen molar-refractivity contribution in [2.75, 3.05) is 6.79 Å². The van der Waals surface area contributed by atoms with Crippen LogP contribution < -0.4 is 9.47 Å². The summed E-state index contributed by atoms with van der Waals surface area (Å²) in [5.41, 5.74) is 5.20. The number of hydrogen-bond donors (Lipinski definition) is 1. The zero-order valence-corrected chi connectivity index (χ0v) is 23.7. The van der Waals surface area contributed by atoms with E-state index in [0.29, 0.717) is 17.0 Å². The Morgan fingerprint density at radius 1 is 0.525 bits per heavy atom. The molecule has 3 heterocycles. The van der Waals surface area contributed by atoms with Gasteiger partial charge in [0.05, 0.1) is 0 Å². The summed E-state index contributed by atoms with van der Waals surface area (Å²) >= 11 is 0. The molecule has 0 atom stereocenters. The zero-order valence-electron chi connectivity index (χ0n) is 23.7. The summed E-state index contributed by atoms with van der Waals surface area (Å²) in [4.78, 5) is 13.4. The SMILES string of the molecule is CCC.Cc1ccc2cccc(O)c2n1.Cc1ccc2cccc(OCOc3cccc4ccc(C)nc34)c2n1. The van der Waals surface area contributed by atoms with Crippen molar-refractivity contribution in [2.24, 2.45) is 0 Å². The van der Waals surface area contributed by atoms with Crippen LogP contribution in [0.15, 0.2) is 91.0 Å². The maximum Gasteiger partial charge on any atom is 0.231 e. The number of aromatic hydroxyl groups is 1. The van der Waals surface area contributed by atoms with Crippen molar-refractivity contribution in [3.63, 3.8) is 0 Å². The van der Waals surface area contributed by atoms with E-state index in [1.807, 2.05) is 106 Å². The Kier molecular flexibility index (Phi) is 9.47. The van der Waals surface area contributed by atoms with Crippen LogP contribution >= 0.6 is 0 Å². The van der Waals surface area contributed by atoms with Gasteiger partial charge < -0.3 is 14.6 Å². The molecule has 1 N–H and O–H groups in total. The third kappa shape index (κ3) is 7.03. The molecule has 0 saturated carbocycles. The fraction of sp³-hybridized carbons (Fsp3) is 0.206. The first-order chi connectivity index (χ1) is 19.4. The second kappa shape index (κ2) is 13.4. The van der Waals surface area contributed by atoms with E-state index in [9.17, 15) is 5.11 Å². The fourth-order valence-corrected chi connectivity index (χ4v) is 4.05. The summed E-state index contributed by atoms with van der Waals surface area (Å²) in [5, 5.41) is 12.5. The van der Waals surface area contributed by atoms with Crippen LogP contribution in [-0.2, 0) is 0 Å². The molecular weight excluding hydrogens is 498 g/mol. The van der Waals surface area contributed by atoms with Gasteiger partial charge in [0.2, 0.25) is 6.79 Å². The van der Waals surface area contributed by atoms with Crippen molar-refractivity contribution in [3.8, 4) is 17.2 Å². The van der Waals surface area contributed by atoms with Crippen LogP contribution in [0.1, 0.15) is 37.4 Å². The number of benzene rings is 3. The summed E-state index contributed by atoms with van der Waals surface area (Å²) in [6.45, 7) is 10.2. The van der Waals surface area contributed by atoms with Gasteiger partial charge in [0.15, 0.2) is 0 Å². The molecule has 0 bridgehead atoms. The highest BCUT2D eigenvalue weighted by Gasteiger charge is 2.07. The molecule has 6 nitrogen and oxygen atoms in total. The molecule has 0 unspecified atom stereocenters. The predicted molar refractivity (Wildman–Crippen MR) is 163 cm³/mol. The average molecular weight is 534 g/mol. The van der Waals surface area contributed by atoms with Gasteiger partial charge in [-0.2, -0.15) is 0 Å². The molecule has 0 amide bonds. The second-order valence-corrected chi connectivity index (χ2v) is 9.48. The van der Waals surface area contributed by atoms with Crippen molar-refractivity contribution < 1.29 is 14.6 Å². The van der Waals surface area contributed by atoms with Gasteiger partial charge >= 0.3 is 0 Å². The lowest BCUT2D eigenvalue weighted by atomic mass is 10.2. The normalized spacial score (nSPS) is 10.4. The monoisotopic (exact) mass is 533 g/mol. The summed E-state index contributed by atoms with van der Waals surface area (Å²) in [6, 6.07) is 29.1. The maximum absolute atomic E-state index is 9.43. The number of aromatic nitrogens is 3. The van der Waals surface area contributed by atoms with Crippen LogP contribution in [0.3, 0.4) is 0 Å². The standard InChI is InChI=1S/C21H18N2O2.C10H9NO.C3H8/c1-14-9-11-16-5-3-7-18(20(16)22-14)24-13-25-19-8-4-6-17-12-10-15(2)23-21(17)19;1-7-5-6-8-3-2-4-9(12)10(8)11-7;1-3-2/h3-12H,13H2,1-2H3;2-6,12H,1H3;3H2,1-2H3. The van der Waals surface area contributed by atoms with Gasteiger partial charge in [-0.3, -0.25) is 0 Å². The van der Waals surface area contributed by atoms with Crippen molar-refractivity contribution in [1.82, 2.24) is 15.0 Å². The van der Waals surface area contributed by atoms with Gasteiger partial charge in [0, 0.05) is 33.2 Å². The lowest BCUT2D eigenvalue weighted by Crippen LogP contribution is -2.07. The van der Waals surface area contributed by atoms with Gasteiger partial charge in [0.1, 0.15) is 33.8 Å². The Bertz CT molecular complexity index is 1650. The third-order valence-electron chi connectivity index (χ3n) is 5.91. The topological polar surface area (TPSA) is 77.4 Å². The highest BCUT2D eigenvalue weighted by Crippen LogP contribution is 2.26. The molecule has 0 aliphatic carbocycles. The van der Waals surface area contributed by atoms with E-state index >= 15 is 0 Å². The van der Waals surface area contributed by atoms with Crippen molar-refractivity contribution in [2.45, 2.75) is 41.0 Å². The molecule has 0 radical (unpaired) electrons. The molecule has 0 saturated heterocycles. The smallest absolute Gasteiger partial charge is 0.231 e. The first kappa shape index (κ1) is 28.3. The Morgan fingerprint density at radius 3 is 1.35 bits per heavy atom. The summed E-state index contributed by atoms with van der Waals surface area (Å²) in [7, 11) is 0. The van der Waals surface area contributed by atoms with Crippen LogP contribution in [-0.4, -0.2) is 26.9 Å². The van der Waals surface area contributed by atoms with E-state index in [-0.39, 0.29) is 12.5 Å². The molecular formula is C34H35N3O3. The van der Waals surface area contributed by atoms with Gasteiger partial charge in [0.25, 0.3) is 0 Å². The summed E-state index contributed by atoms with van der Waals surface area (Å²) in [6.07, 6.45) is 1.25. The van der Waals surface area contributed by atoms with Crippen LogP contribution in [0.4, 0.5) is 0 Å². The molecule has 6 aromatic rings. The Labute approximate surface area is 235 Å². The van der Waals surface area contributed by atoms with Crippen LogP contribution in [0.2, 0.25) is 0 Å². The Balaban J connectivity index is 0.000000205. The van der Waals surface area contributed by atoms with E-state index in [1.165, 1.54) is 6.42 Å². The van der Waals surface area contributed by atoms with E-state index in [2.05, 4.69) is 28.8 Å². The van der Waals surface area contributed by atoms with Crippen molar-refractivity contribution in [3.05, 3.63) is 108 Å². The Hall–Kier alpha value is -4.71. The number of rotatable bonds is 4. The second-order valence-electron chi connectivity index (χ2n) is 9.48. The van der Waals surface area contributed by atoms with Gasteiger partial charge in [-0.15, -0.1) is 0 Å². The fourth-order valence-electron chi connectivity index (χ4n) is 4.05. The largest absolute Gasteiger partial charge is 0.506 e. The minimum absolute atomic E-state index is 0.101. The molecule has 0 aliphatic rings.